The molecule has 0 amide bonds. The van der Waals surface area contributed by atoms with E-state index in [0.717, 1.165) is 25.7 Å². The van der Waals surface area contributed by atoms with Crippen LogP contribution in [0.15, 0.2) is 0 Å². The Balaban J connectivity index is 4.12. The van der Waals surface area contributed by atoms with Crippen LogP contribution < -0.4 is 0 Å². The number of carbonyl (C=O) groups is 1. The maximum absolute atomic E-state index is 12.5. The first-order chi connectivity index (χ1) is 17.7. The summed E-state index contributed by atoms with van der Waals surface area (Å²) in [4.78, 5) is 15.2. The summed E-state index contributed by atoms with van der Waals surface area (Å²) in [6.45, 7) is 12.9. The van der Waals surface area contributed by atoms with Crippen LogP contribution in [0.4, 0.5) is 0 Å². The molecule has 0 saturated heterocycles. The molecule has 0 spiro atoms. The van der Waals surface area contributed by atoms with E-state index >= 15 is 0 Å². The van der Waals surface area contributed by atoms with Crippen molar-refractivity contribution in [3.8, 4) is 0 Å². The highest BCUT2D eigenvalue weighted by molar-refractivity contribution is 5.69. The van der Waals surface area contributed by atoms with Gasteiger partial charge in [0.1, 0.15) is 6.10 Å². The summed E-state index contributed by atoms with van der Waals surface area (Å²) < 4.78 is 5.98. The molecule has 36 heavy (non-hydrogen) atoms. The topological polar surface area (TPSA) is 29.5 Å². The number of hydrogen-bond donors (Lipinski definition) is 0. The third-order valence-electron chi connectivity index (χ3n) is 7.57. The minimum atomic E-state index is 0.0543. The molecule has 0 aromatic rings. The summed E-state index contributed by atoms with van der Waals surface area (Å²) in [6.07, 6.45) is 29.8. The Morgan fingerprint density at radius 2 is 0.861 bits per heavy atom. The van der Waals surface area contributed by atoms with Crippen molar-refractivity contribution in [1.29, 1.82) is 0 Å². The van der Waals surface area contributed by atoms with Gasteiger partial charge in [0.25, 0.3) is 0 Å². The largest absolute Gasteiger partial charge is 0.462 e. The van der Waals surface area contributed by atoms with Gasteiger partial charge in [-0.2, -0.15) is 0 Å². The fraction of sp³-hybridized carbons (Fsp3) is 0.970. The molecule has 0 N–H and O–H groups in total. The predicted molar refractivity (Wildman–Crippen MR) is 160 cm³/mol. The van der Waals surface area contributed by atoms with Gasteiger partial charge in [0.2, 0.25) is 0 Å². The second-order valence-corrected chi connectivity index (χ2v) is 11.3. The molecular formula is C33H67NO2. The van der Waals surface area contributed by atoms with Crippen molar-refractivity contribution in [1.82, 2.24) is 4.90 Å². The lowest BCUT2D eigenvalue weighted by Gasteiger charge is -2.22. The second-order valence-electron chi connectivity index (χ2n) is 11.3. The van der Waals surface area contributed by atoms with E-state index in [2.05, 4.69) is 32.6 Å². The predicted octanol–water partition coefficient (Wildman–Crippen LogP) is 10.6. The van der Waals surface area contributed by atoms with E-state index in [4.69, 9.17) is 4.74 Å². The number of rotatable bonds is 29. The van der Waals surface area contributed by atoms with Gasteiger partial charge in [-0.15, -0.1) is 0 Å². The Bertz CT molecular complexity index is 439. The lowest BCUT2D eigenvalue weighted by atomic mass is 10.0. The van der Waals surface area contributed by atoms with Gasteiger partial charge in [-0.1, -0.05) is 124 Å². The molecule has 0 aromatic carbocycles. The van der Waals surface area contributed by atoms with Crippen molar-refractivity contribution in [2.75, 3.05) is 19.6 Å². The van der Waals surface area contributed by atoms with E-state index in [1.165, 1.54) is 142 Å². The Hall–Kier alpha value is -0.570. The van der Waals surface area contributed by atoms with Gasteiger partial charge in [0, 0.05) is 6.42 Å². The number of unbranched alkanes of at least 4 members (excludes halogenated alkanes) is 16. The number of nitrogens with zero attached hydrogens (tertiary/aromatic N) is 1. The normalized spacial score (nSPS) is 12.4. The molecule has 0 saturated carbocycles. The van der Waals surface area contributed by atoms with E-state index in [1.807, 2.05) is 0 Å². The zero-order valence-corrected chi connectivity index (χ0v) is 25.4. The molecule has 0 fully saturated rings. The van der Waals surface area contributed by atoms with Crippen LogP contribution >= 0.6 is 0 Å². The molecule has 216 valence electrons. The lowest BCUT2D eigenvalue weighted by molar-refractivity contribution is -0.150. The van der Waals surface area contributed by atoms with Crippen molar-refractivity contribution in [2.24, 2.45) is 0 Å². The number of ether oxygens (including phenoxy) is 1. The fourth-order valence-electron chi connectivity index (χ4n) is 5.10. The van der Waals surface area contributed by atoms with Crippen LogP contribution in [0.2, 0.25) is 0 Å². The van der Waals surface area contributed by atoms with Gasteiger partial charge < -0.3 is 9.64 Å². The third kappa shape index (κ3) is 25.1. The Morgan fingerprint density at radius 3 is 1.42 bits per heavy atom. The van der Waals surface area contributed by atoms with E-state index in [1.54, 1.807) is 0 Å². The highest BCUT2D eigenvalue weighted by Gasteiger charge is 2.14. The molecule has 3 nitrogen and oxygen atoms in total. The summed E-state index contributed by atoms with van der Waals surface area (Å²) in [7, 11) is 0. The van der Waals surface area contributed by atoms with Gasteiger partial charge in [-0.25, -0.2) is 0 Å². The molecule has 0 aliphatic rings. The molecule has 0 aromatic heterocycles. The quantitative estimate of drug-likeness (QED) is 0.0741. The number of hydrogen-bond acceptors (Lipinski definition) is 3. The van der Waals surface area contributed by atoms with Crippen molar-refractivity contribution in [3.05, 3.63) is 0 Å². The first-order valence-electron chi connectivity index (χ1n) is 16.6. The van der Waals surface area contributed by atoms with Crippen molar-refractivity contribution in [3.63, 3.8) is 0 Å². The van der Waals surface area contributed by atoms with E-state index < -0.39 is 0 Å². The summed E-state index contributed by atoms with van der Waals surface area (Å²) >= 11 is 0. The van der Waals surface area contributed by atoms with E-state index in [0.29, 0.717) is 6.42 Å². The van der Waals surface area contributed by atoms with Crippen LogP contribution in [0.25, 0.3) is 0 Å². The monoisotopic (exact) mass is 510 g/mol. The average Bonchev–Trinajstić information content (AvgIpc) is 2.88. The minimum absolute atomic E-state index is 0.0543. The Labute approximate surface area is 227 Å². The molecule has 0 bridgehead atoms. The van der Waals surface area contributed by atoms with Crippen LogP contribution in [-0.4, -0.2) is 36.6 Å². The van der Waals surface area contributed by atoms with Gasteiger partial charge in [-0.3, -0.25) is 4.79 Å². The van der Waals surface area contributed by atoms with Crippen molar-refractivity contribution in [2.45, 2.75) is 188 Å². The third-order valence-corrected chi connectivity index (χ3v) is 7.57. The maximum Gasteiger partial charge on any atom is 0.306 e. The van der Waals surface area contributed by atoms with Gasteiger partial charge in [-0.05, 0) is 71.0 Å². The molecule has 1 unspecified atom stereocenters. The van der Waals surface area contributed by atoms with Gasteiger partial charge in [0.15, 0.2) is 0 Å². The Kier molecular flexibility index (Phi) is 28.5. The number of esters is 1. The van der Waals surface area contributed by atoms with Crippen LogP contribution in [0.1, 0.15) is 182 Å². The lowest BCUT2D eigenvalue weighted by Crippen LogP contribution is -2.27. The molecule has 0 rings (SSSR count). The SMILES string of the molecule is CCCCCCCCC(CCCCCC)OC(=O)CCCCCCN(CCCCC)CCCCCC. The molecule has 1 atom stereocenters. The average molecular weight is 510 g/mol. The van der Waals surface area contributed by atoms with Crippen LogP contribution in [0.5, 0.6) is 0 Å². The summed E-state index contributed by atoms with van der Waals surface area (Å²) in [5.41, 5.74) is 0. The second kappa shape index (κ2) is 29.0. The smallest absolute Gasteiger partial charge is 0.306 e. The highest BCUT2D eigenvalue weighted by atomic mass is 16.5. The zero-order chi connectivity index (χ0) is 26.5. The molecular weight excluding hydrogens is 442 g/mol. The first-order valence-corrected chi connectivity index (χ1v) is 16.6. The number of carbonyl (C=O) groups excluding carboxylic acids is 1. The molecule has 0 aliphatic carbocycles. The molecule has 0 heterocycles. The van der Waals surface area contributed by atoms with Gasteiger partial charge >= 0.3 is 5.97 Å². The molecule has 3 heteroatoms. The molecule has 0 radical (unpaired) electrons. The highest BCUT2D eigenvalue weighted by Crippen LogP contribution is 2.18. The maximum atomic E-state index is 12.5. The standard InChI is InChI=1S/C33H67NO2/c1-5-9-13-16-17-21-27-32(26-20-14-10-6-2)36-33(35)28-22-18-19-25-31-34(29-23-12-8-4)30-24-15-11-7-3/h32H,5-31H2,1-4H3. The van der Waals surface area contributed by atoms with Crippen molar-refractivity contribution >= 4 is 5.97 Å². The first kappa shape index (κ1) is 35.4. The zero-order valence-electron chi connectivity index (χ0n) is 25.4. The Morgan fingerprint density at radius 1 is 0.500 bits per heavy atom. The van der Waals surface area contributed by atoms with Crippen LogP contribution in [0.3, 0.4) is 0 Å². The molecule has 0 aliphatic heterocycles. The van der Waals surface area contributed by atoms with Crippen LogP contribution in [0, 0.1) is 0 Å². The van der Waals surface area contributed by atoms with E-state index in [-0.39, 0.29) is 12.1 Å². The van der Waals surface area contributed by atoms with Crippen molar-refractivity contribution < 1.29 is 9.53 Å². The fourth-order valence-corrected chi connectivity index (χ4v) is 5.10. The van der Waals surface area contributed by atoms with E-state index in [9.17, 15) is 4.79 Å². The summed E-state index contributed by atoms with van der Waals surface area (Å²) in [5, 5.41) is 0. The van der Waals surface area contributed by atoms with Crippen LogP contribution in [-0.2, 0) is 9.53 Å². The minimum Gasteiger partial charge on any atom is -0.462 e. The summed E-state index contributed by atoms with van der Waals surface area (Å²) in [5.74, 6) is 0.0543. The van der Waals surface area contributed by atoms with Gasteiger partial charge in [0.05, 0.1) is 0 Å². The summed E-state index contributed by atoms with van der Waals surface area (Å²) in [6, 6.07) is 0.